The van der Waals surface area contributed by atoms with E-state index in [2.05, 4.69) is 20.3 Å². The van der Waals surface area contributed by atoms with E-state index in [1.165, 1.54) is 13.2 Å². The molecule has 1 amide bonds. The second-order valence-corrected chi connectivity index (χ2v) is 3.92. The molecule has 3 N–H and O–H groups in total. The van der Waals surface area contributed by atoms with Gasteiger partial charge in [-0.15, -0.1) is 0 Å². The largest absolute Gasteiger partial charge is 0.480 e. The number of ether oxygens (including phenoxy) is 1. The maximum atomic E-state index is 11.7. The molecule has 1 heterocycles. The maximum Gasteiger partial charge on any atom is 0.326 e. The molecule has 0 unspecified atom stereocenters. The number of aromatic amines is 1. The highest BCUT2D eigenvalue weighted by Gasteiger charge is 2.22. The number of nitrogens with zero attached hydrogens (tertiary/aromatic N) is 1. The van der Waals surface area contributed by atoms with Crippen LogP contribution in [0.1, 0.15) is 29.0 Å². The van der Waals surface area contributed by atoms with Crippen LogP contribution in [-0.4, -0.2) is 46.3 Å². The van der Waals surface area contributed by atoms with E-state index < -0.39 is 23.9 Å². The minimum Gasteiger partial charge on any atom is -0.480 e. The number of carboxylic acids is 1. The van der Waals surface area contributed by atoms with E-state index >= 15 is 0 Å². The highest BCUT2D eigenvalue weighted by atomic mass is 16.5. The van der Waals surface area contributed by atoms with Crippen LogP contribution < -0.4 is 5.32 Å². The van der Waals surface area contributed by atoms with Crippen molar-refractivity contribution in [3.05, 3.63) is 17.5 Å². The summed E-state index contributed by atoms with van der Waals surface area (Å²) < 4.78 is 4.41. The molecule has 19 heavy (non-hydrogen) atoms. The Morgan fingerprint density at radius 1 is 1.53 bits per heavy atom. The first-order valence-corrected chi connectivity index (χ1v) is 5.56. The number of amides is 1. The molecule has 0 aliphatic heterocycles. The number of H-pyrrole nitrogens is 1. The third kappa shape index (κ3) is 4.41. The zero-order chi connectivity index (χ0) is 14.4. The second-order valence-electron chi connectivity index (χ2n) is 3.92. The Labute approximate surface area is 109 Å². The Morgan fingerprint density at radius 3 is 2.68 bits per heavy atom. The first-order chi connectivity index (χ1) is 8.93. The van der Waals surface area contributed by atoms with Gasteiger partial charge in [0, 0.05) is 12.1 Å². The van der Waals surface area contributed by atoms with Crippen molar-refractivity contribution < 1.29 is 24.2 Å². The van der Waals surface area contributed by atoms with Gasteiger partial charge in [0.1, 0.15) is 11.7 Å². The van der Waals surface area contributed by atoms with Gasteiger partial charge in [0.25, 0.3) is 5.91 Å². The Morgan fingerprint density at radius 2 is 2.21 bits per heavy atom. The second kappa shape index (κ2) is 6.53. The maximum absolute atomic E-state index is 11.7. The summed E-state index contributed by atoms with van der Waals surface area (Å²) in [5.41, 5.74) is 0.786. The molecule has 0 aromatic carbocycles. The van der Waals surface area contributed by atoms with Crippen molar-refractivity contribution in [1.29, 1.82) is 0 Å². The van der Waals surface area contributed by atoms with Crippen molar-refractivity contribution >= 4 is 17.8 Å². The van der Waals surface area contributed by atoms with Crippen molar-refractivity contribution in [3.8, 4) is 0 Å². The zero-order valence-electron chi connectivity index (χ0n) is 10.6. The topological polar surface area (TPSA) is 121 Å². The smallest absolute Gasteiger partial charge is 0.326 e. The lowest BCUT2D eigenvalue weighted by Gasteiger charge is -2.12. The Balaban J connectivity index is 2.61. The van der Waals surface area contributed by atoms with Gasteiger partial charge in [-0.1, -0.05) is 0 Å². The fourth-order valence-electron chi connectivity index (χ4n) is 1.39. The molecule has 0 aliphatic carbocycles. The van der Waals surface area contributed by atoms with Gasteiger partial charge in [0.2, 0.25) is 0 Å². The van der Waals surface area contributed by atoms with E-state index in [4.69, 9.17) is 5.11 Å². The van der Waals surface area contributed by atoms with E-state index in [0.717, 1.165) is 0 Å². The molecule has 1 aromatic rings. The number of carbonyl (C=O) groups excluding carboxylic acids is 2. The molecule has 0 spiro atoms. The van der Waals surface area contributed by atoms with Gasteiger partial charge in [-0.3, -0.25) is 14.7 Å². The van der Waals surface area contributed by atoms with E-state index in [1.54, 1.807) is 6.92 Å². The van der Waals surface area contributed by atoms with Crippen molar-refractivity contribution in [1.82, 2.24) is 15.5 Å². The monoisotopic (exact) mass is 269 g/mol. The SMILES string of the molecule is COC(=O)CC[C@H](NC(=O)c1cc(C)[nH]n1)C(=O)O. The van der Waals surface area contributed by atoms with E-state index in [-0.39, 0.29) is 18.5 Å². The van der Waals surface area contributed by atoms with Gasteiger partial charge in [0.15, 0.2) is 0 Å². The molecule has 0 fully saturated rings. The summed E-state index contributed by atoms with van der Waals surface area (Å²) in [5.74, 6) is -2.36. The van der Waals surface area contributed by atoms with Crippen LogP contribution in [0.5, 0.6) is 0 Å². The third-order valence-electron chi connectivity index (χ3n) is 2.41. The number of hydrogen-bond donors (Lipinski definition) is 3. The Bertz CT molecular complexity index is 482. The summed E-state index contributed by atoms with van der Waals surface area (Å²) >= 11 is 0. The van der Waals surface area contributed by atoms with Crippen LogP contribution in [0.25, 0.3) is 0 Å². The van der Waals surface area contributed by atoms with Gasteiger partial charge in [-0.05, 0) is 19.4 Å². The van der Waals surface area contributed by atoms with Crippen LogP contribution in [0.4, 0.5) is 0 Å². The minimum absolute atomic E-state index is 0.0445. The number of aryl methyl sites for hydroxylation is 1. The molecule has 8 heteroatoms. The van der Waals surface area contributed by atoms with Crippen LogP contribution in [0.2, 0.25) is 0 Å². The van der Waals surface area contributed by atoms with Gasteiger partial charge in [0.05, 0.1) is 7.11 Å². The van der Waals surface area contributed by atoms with Gasteiger partial charge < -0.3 is 15.2 Å². The standard InChI is InChI=1S/C11H15N3O5/c1-6-5-8(14-13-6)10(16)12-7(11(17)18)3-4-9(15)19-2/h5,7H,3-4H2,1-2H3,(H,12,16)(H,13,14)(H,17,18)/t7-/m0/s1. The number of hydrogen-bond acceptors (Lipinski definition) is 5. The first kappa shape index (κ1) is 14.7. The molecular weight excluding hydrogens is 254 g/mol. The third-order valence-corrected chi connectivity index (χ3v) is 2.41. The predicted octanol–water partition coefficient (Wildman–Crippen LogP) is -0.146. The number of carboxylic acid groups (broad SMARTS) is 1. The fraction of sp³-hybridized carbons (Fsp3) is 0.455. The Kier molecular flexibility index (Phi) is 5.04. The van der Waals surface area contributed by atoms with Crippen LogP contribution in [0, 0.1) is 6.92 Å². The van der Waals surface area contributed by atoms with E-state index in [1.807, 2.05) is 0 Å². The van der Waals surface area contributed by atoms with Gasteiger partial charge >= 0.3 is 11.9 Å². The molecule has 0 saturated carbocycles. The molecule has 8 nitrogen and oxygen atoms in total. The summed E-state index contributed by atoms with van der Waals surface area (Å²) in [4.78, 5) is 33.6. The van der Waals surface area contributed by atoms with Crippen molar-refractivity contribution in [2.24, 2.45) is 0 Å². The van der Waals surface area contributed by atoms with E-state index in [0.29, 0.717) is 5.69 Å². The summed E-state index contributed by atoms with van der Waals surface area (Å²) in [6, 6.07) is 0.331. The number of aliphatic carboxylic acids is 1. The predicted molar refractivity (Wildman–Crippen MR) is 63.5 cm³/mol. The quantitative estimate of drug-likeness (QED) is 0.618. The van der Waals surface area contributed by atoms with Gasteiger partial charge in [-0.2, -0.15) is 5.10 Å². The highest BCUT2D eigenvalue weighted by molar-refractivity contribution is 5.95. The molecule has 0 saturated heterocycles. The molecular formula is C11H15N3O5. The number of methoxy groups -OCH3 is 1. The van der Waals surface area contributed by atoms with Crippen LogP contribution in [-0.2, 0) is 14.3 Å². The van der Waals surface area contributed by atoms with Crippen molar-refractivity contribution in [2.45, 2.75) is 25.8 Å². The number of carbonyl (C=O) groups is 3. The average Bonchev–Trinajstić information content (AvgIpc) is 2.80. The number of aromatic nitrogens is 2. The van der Waals surface area contributed by atoms with Crippen molar-refractivity contribution in [2.75, 3.05) is 7.11 Å². The molecule has 1 rings (SSSR count). The Hall–Kier alpha value is -2.38. The fourth-order valence-corrected chi connectivity index (χ4v) is 1.39. The summed E-state index contributed by atoms with van der Waals surface area (Å²) in [5, 5.41) is 17.6. The lowest BCUT2D eigenvalue weighted by molar-refractivity contribution is -0.142. The lowest BCUT2D eigenvalue weighted by atomic mass is 10.1. The average molecular weight is 269 g/mol. The van der Waals surface area contributed by atoms with Crippen molar-refractivity contribution in [3.63, 3.8) is 0 Å². The highest BCUT2D eigenvalue weighted by Crippen LogP contribution is 2.03. The number of rotatable bonds is 6. The summed E-state index contributed by atoms with van der Waals surface area (Å²) in [6.07, 6.45) is -0.134. The summed E-state index contributed by atoms with van der Waals surface area (Å²) in [6.45, 7) is 1.72. The molecule has 0 bridgehead atoms. The van der Waals surface area contributed by atoms with Crippen LogP contribution in [0.3, 0.4) is 0 Å². The van der Waals surface area contributed by atoms with Crippen LogP contribution >= 0.6 is 0 Å². The molecule has 1 atom stereocenters. The van der Waals surface area contributed by atoms with Crippen LogP contribution in [0.15, 0.2) is 6.07 Å². The molecule has 104 valence electrons. The van der Waals surface area contributed by atoms with Gasteiger partial charge in [-0.25, -0.2) is 4.79 Å². The molecule has 0 aliphatic rings. The normalized spacial score (nSPS) is 11.7. The number of esters is 1. The number of nitrogens with one attached hydrogen (secondary N) is 2. The minimum atomic E-state index is -1.22. The molecule has 1 aromatic heterocycles. The van der Waals surface area contributed by atoms with E-state index in [9.17, 15) is 14.4 Å². The first-order valence-electron chi connectivity index (χ1n) is 5.56. The zero-order valence-corrected chi connectivity index (χ0v) is 10.6. The molecule has 0 radical (unpaired) electrons. The lowest BCUT2D eigenvalue weighted by Crippen LogP contribution is -2.41. The summed E-state index contributed by atoms with van der Waals surface area (Å²) in [7, 11) is 1.21.